The number of nitrogens with zero attached hydrogens (tertiary/aromatic N) is 4. The SMILES string of the molecule is CCOc1ccc(-n2nnc(C(=O)OCc3nc(-c4cc(OC)c(OC)c(OC)c4)oc3C)c2C)cc1. The number of aromatic nitrogens is 4. The second-order valence-corrected chi connectivity index (χ2v) is 7.87. The highest BCUT2D eigenvalue weighted by atomic mass is 16.5. The van der Waals surface area contributed by atoms with Gasteiger partial charge in [-0.1, -0.05) is 5.21 Å². The molecular weight excluding hydrogens is 480 g/mol. The van der Waals surface area contributed by atoms with Crippen LogP contribution in [0.4, 0.5) is 0 Å². The quantitative estimate of drug-likeness (QED) is 0.286. The molecule has 0 aliphatic heterocycles. The lowest BCUT2D eigenvalue weighted by Crippen LogP contribution is -2.09. The maximum Gasteiger partial charge on any atom is 0.361 e. The Bertz CT molecular complexity index is 1370. The van der Waals surface area contributed by atoms with Crippen LogP contribution in [-0.2, 0) is 11.3 Å². The summed E-state index contributed by atoms with van der Waals surface area (Å²) >= 11 is 0. The highest BCUT2D eigenvalue weighted by molar-refractivity contribution is 5.88. The zero-order valence-corrected chi connectivity index (χ0v) is 21.5. The minimum atomic E-state index is -0.619. The average molecular weight is 509 g/mol. The minimum Gasteiger partial charge on any atom is -0.494 e. The smallest absolute Gasteiger partial charge is 0.361 e. The van der Waals surface area contributed by atoms with Gasteiger partial charge in [0.15, 0.2) is 17.2 Å². The van der Waals surface area contributed by atoms with E-state index in [0.29, 0.717) is 52.5 Å². The van der Waals surface area contributed by atoms with Crippen molar-refractivity contribution in [3.05, 3.63) is 59.2 Å². The summed E-state index contributed by atoms with van der Waals surface area (Å²) in [5.41, 5.74) is 2.48. The molecule has 0 radical (unpaired) electrons. The van der Waals surface area contributed by atoms with Gasteiger partial charge >= 0.3 is 5.97 Å². The number of esters is 1. The number of carbonyl (C=O) groups excluding carboxylic acids is 1. The van der Waals surface area contributed by atoms with E-state index in [9.17, 15) is 4.79 Å². The maximum atomic E-state index is 12.8. The molecule has 0 saturated carbocycles. The van der Waals surface area contributed by atoms with Crippen LogP contribution >= 0.6 is 0 Å². The Morgan fingerprint density at radius 2 is 1.68 bits per heavy atom. The summed E-state index contributed by atoms with van der Waals surface area (Å²) in [7, 11) is 4.59. The van der Waals surface area contributed by atoms with E-state index in [1.807, 2.05) is 31.2 Å². The van der Waals surface area contributed by atoms with E-state index >= 15 is 0 Å². The number of benzene rings is 2. The Hall–Kier alpha value is -4.54. The minimum absolute atomic E-state index is 0.103. The van der Waals surface area contributed by atoms with Gasteiger partial charge in [-0.05, 0) is 57.2 Å². The first-order chi connectivity index (χ1) is 17.9. The first-order valence-electron chi connectivity index (χ1n) is 11.5. The molecule has 37 heavy (non-hydrogen) atoms. The number of methoxy groups -OCH3 is 3. The van der Waals surface area contributed by atoms with Gasteiger partial charge in [-0.3, -0.25) is 0 Å². The Balaban J connectivity index is 1.49. The zero-order chi connectivity index (χ0) is 26.5. The van der Waals surface area contributed by atoms with Crippen LogP contribution in [0.2, 0.25) is 0 Å². The topological polar surface area (TPSA) is 120 Å². The third kappa shape index (κ3) is 5.20. The van der Waals surface area contributed by atoms with E-state index in [2.05, 4.69) is 15.3 Å². The number of carbonyl (C=O) groups is 1. The molecule has 0 unspecified atom stereocenters. The Morgan fingerprint density at radius 1 is 1.00 bits per heavy atom. The summed E-state index contributed by atoms with van der Waals surface area (Å²) in [6.07, 6.45) is 0. The van der Waals surface area contributed by atoms with Crippen LogP contribution in [0.15, 0.2) is 40.8 Å². The van der Waals surface area contributed by atoms with Crippen molar-refractivity contribution in [2.24, 2.45) is 0 Å². The molecule has 0 aliphatic rings. The van der Waals surface area contributed by atoms with Crippen molar-refractivity contribution in [3.63, 3.8) is 0 Å². The molecule has 0 atom stereocenters. The molecule has 2 aromatic heterocycles. The molecule has 0 N–H and O–H groups in total. The standard InChI is InChI=1S/C26H28N4O7/c1-7-35-19-10-8-18(9-11-19)30-15(2)23(28-29-30)26(31)36-14-20-16(3)37-25(27-20)17-12-21(32-4)24(34-6)22(13-17)33-5/h8-13H,7,14H2,1-6H3. The molecule has 4 rings (SSSR count). The number of hydrogen-bond donors (Lipinski definition) is 0. The lowest BCUT2D eigenvalue weighted by atomic mass is 10.2. The van der Waals surface area contributed by atoms with Gasteiger partial charge < -0.3 is 28.1 Å². The second kappa shape index (κ2) is 11.0. The van der Waals surface area contributed by atoms with Gasteiger partial charge in [0.2, 0.25) is 11.6 Å². The van der Waals surface area contributed by atoms with Crippen molar-refractivity contribution in [2.45, 2.75) is 27.4 Å². The molecule has 4 aromatic rings. The monoisotopic (exact) mass is 508 g/mol. The molecule has 194 valence electrons. The molecule has 11 nitrogen and oxygen atoms in total. The molecule has 11 heteroatoms. The lowest BCUT2D eigenvalue weighted by molar-refractivity contribution is 0.0459. The first-order valence-corrected chi connectivity index (χ1v) is 11.5. The highest BCUT2D eigenvalue weighted by Crippen LogP contribution is 2.41. The third-order valence-electron chi connectivity index (χ3n) is 5.62. The molecule has 2 heterocycles. The van der Waals surface area contributed by atoms with E-state index in [4.69, 9.17) is 28.1 Å². The van der Waals surface area contributed by atoms with Gasteiger partial charge in [0, 0.05) is 5.56 Å². The van der Waals surface area contributed by atoms with Crippen LogP contribution in [0.5, 0.6) is 23.0 Å². The average Bonchev–Trinajstić information content (AvgIpc) is 3.49. The van der Waals surface area contributed by atoms with Crippen LogP contribution in [0.25, 0.3) is 17.1 Å². The summed E-state index contributed by atoms with van der Waals surface area (Å²) < 4.78 is 34.5. The van der Waals surface area contributed by atoms with Crippen LogP contribution in [0, 0.1) is 13.8 Å². The molecule has 0 spiro atoms. The van der Waals surface area contributed by atoms with E-state index in [-0.39, 0.29) is 12.3 Å². The predicted molar refractivity (Wildman–Crippen MR) is 133 cm³/mol. The molecule has 0 amide bonds. The van der Waals surface area contributed by atoms with E-state index < -0.39 is 5.97 Å². The number of aryl methyl sites for hydroxylation is 1. The maximum absolute atomic E-state index is 12.8. The number of ether oxygens (including phenoxy) is 5. The summed E-state index contributed by atoms with van der Waals surface area (Å²) in [6, 6.07) is 10.8. The summed E-state index contributed by atoms with van der Waals surface area (Å²) in [5.74, 6) is 2.34. The van der Waals surface area contributed by atoms with Crippen LogP contribution in [-0.4, -0.2) is 53.9 Å². The normalized spacial score (nSPS) is 10.8. The lowest BCUT2D eigenvalue weighted by Gasteiger charge is -2.12. The number of rotatable bonds is 10. The van der Waals surface area contributed by atoms with Gasteiger partial charge in [0.25, 0.3) is 0 Å². The molecule has 0 saturated heterocycles. The Kier molecular flexibility index (Phi) is 7.61. The van der Waals surface area contributed by atoms with Crippen molar-refractivity contribution in [1.29, 1.82) is 0 Å². The molecule has 0 aliphatic carbocycles. The van der Waals surface area contributed by atoms with Gasteiger partial charge in [-0.15, -0.1) is 5.10 Å². The summed E-state index contributed by atoms with van der Waals surface area (Å²) in [4.78, 5) is 17.3. The van der Waals surface area contributed by atoms with Gasteiger partial charge in [-0.2, -0.15) is 0 Å². The van der Waals surface area contributed by atoms with Gasteiger partial charge in [0.1, 0.15) is 23.8 Å². The molecular formula is C26H28N4O7. The van der Waals surface area contributed by atoms with E-state index in [0.717, 1.165) is 11.4 Å². The fourth-order valence-electron chi connectivity index (χ4n) is 3.71. The van der Waals surface area contributed by atoms with Crippen molar-refractivity contribution in [1.82, 2.24) is 20.0 Å². The van der Waals surface area contributed by atoms with Crippen LogP contribution in [0.3, 0.4) is 0 Å². The van der Waals surface area contributed by atoms with Crippen molar-refractivity contribution in [2.75, 3.05) is 27.9 Å². The summed E-state index contributed by atoms with van der Waals surface area (Å²) in [6.45, 7) is 5.88. The zero-order valence-electron chi connectivity index (χ0n) is 21.5. The fourth-order valence-corrected chi connectivity index (χ4v) is 3.71. The van der Waals surface area contributed by atoms with Crippen molar-refractivity contribution < 1.29 is 32.9 Å². The number of oxazole rings is 1. The summed E-state index contributed by atoms with van der Waals surface area (Å²) in [5, 5.41) is 8.12. The first kappa shape index (κ1) is 25.5. The fraction of sp³-hybridized carbons (Fsp3) is 0.308. The largest absolute Gasteiger partial charge is 0.494 e. The van der Waals surface area contributed by atoms with Crippen molar-refractivity contribution in [3.8, 4) is 40.1 Å². The van der Waals surface area contributed by atoms with Gasteiger partial charge in [-0.25, -0.2) is 14.5 Å². The second-order valence-electron chi connectivity index (χ2n) is 7.87. The van der Waals surface area contributed by atoms with Crippen LogP contribution in [0.1, 0.15) is 34.6 Å². The van der Waals surface area contributed by atoms with E-state index in [1.165, 1.54) is 21.3 Å². The van der Waals surface area contributed by atoms with E-state index in [1.54, 1.807) is 30.7 Å². The molecule has 0 fully saturated rings. The predicted octanol–water partition coefficient (Wildman–Crippen LogP) is 4.32. The highest BCUT2D eigenvalue weighted by Gasteiger charge is 2.22. The molecule has 0 bridgehead atoms. The third-order valence-corrected chi connectivity index (χ3v) is 5.62. The number of hydrogen-bond acceptors (Lipinski definition) is 10. The van der Waals surface area contributed by atoms with Crippen molar-refractivity contribution >= 4 is 5.97 Å². The van der Waals surface area contributed by atoms with Gasteiger partial charge in [0.05, 0.1) is 39.3 Å². The van der Waals surface area contributed by atoms with Crippen LogP contribution < -0.4 is 18.9 Å². The Labute approximate surface area is 213 Å². The Morgan fingerprint density at radius 3 is 2.27 bits per heavy atom. The molecule has 2 aromatic carbocycles.